The molecule has 1 atom stereocenters. The zero-order chi connectivity index (χ0) is 33.5. The number of hydrogen-bond donors (Lipinski definition) is 1. The molecule has 1 aliphatic heterocycles. The topological polar surface area (TPSA) is 133 Å². The second kappa shape index (κ2) is 13.6. The average molecular weight is 700 g/mol. The van der Waals surface area contributed by atoms with Gasteiger partial charge in [0.1, 0.15) is 18.2 Å². The third kappa shape index (κ3) is 7.24. The Bertz CT molecular complexity index is 2000. The highest BCUT2D eigenvalue weighted by Crippen LogP contribution is 2.40. The number of aryl methyl sites for hydroxylation is 3. The zero-order valence-corrected chi connectivity index (χ0v) is 29.2. The first-order valence-electron chi connectivity index (χ1n) is 15.6. The van der Waals surface area contributed by atoms with Crippen molar-refractivity contribution in [3.63, 3.8) is 0 Å². The van der Waals surface area contributed by atoms with Crippen LogP contribution in [0.2, 0.25) is 5.02 Å². The summed E-state index contributed by atoms with van der Waals surface area (Å²) in [5.41, 5.74) is 4.33. The van der Waals surface area contributed by atoms with Crippen LogP contribution in [-0.2, 0) is 34.1 Å². The number of aromatic nitrogens is 3. The lowest BCUT2D eigenvalue weighted by molar-refractivity contribution is 0.0248. The molecule has 0 saturated carbocycles. The van der Waals surface area contributed by atoms with Crippen LogP contribution in [0.1, 0.15) is 52.4 Å². The fourth-order valence-corrected chi connectivity index (χ4v) is 8.30. The number of nitrogens with zero attached hydrogens (tertiary/aromatic N) is 4. The molecule has 0 radical (unpaired) electrons. The number of rotatable bonds is 9. The first kappa shape index (κ1) is 33.5. The van der Waals surface area contributed by atoms with Crippen molar-refractivity contribution in [3.8, 4) is 16.9 Å². The zero-order valence-electron chi connectivity index (χ0n) is 26.8. The van der Waals surface area contributed by atoms with Gasteiger partial charge in [0, 0.05) is 59.0 Å². The fraction of sp³-hybridized carbons (Fsp3) is 0.455. The molecule has 1 amide bonds. The van der Waals surface area contributed by atoms with Gasteiger partial charge in [-0.3, -0.25) is 24.0 Å². The molecule has 4 heterocycles. The van der Waals surface area contributed by atoms with Crippen molar-refractivity contribution in [1.29, 1.82) is 0 Å². The largest absolute Gasteiger partial charge is 0.491 e. The number of sulfonamides is 1. The summed E-state index contributed by atoms with van der Waals surface area (Å²) >= 11 is 7.73. The highest BCUT2D eigenvalue weighted by atomic mass is 35.5. The molecule has 3 aromatic heterocycles. The Morgan fingerprint density at radius 1 is 1.13 bits per heavy atom. The molecule has 0 bridgehead atoms. The Hall–Kier alpha value is -3.36. The summed E-state index contributed by atoms with van der Waals surface area (Å²) in [7, 11) is -1.98. The lowest BCUT2D eigenvalue weighted by atomic mass is 9.90. The molecule has 4 aromatic rings. The van der Waals surface area contributed by atoms with Gasteiger partial charge in [-0.15, -0.1) is 11.3 Å². The number of pyridine rings is 1. The molecule has 1 N–H and O–H groups in total. The SMILES string of the molecule is COC1CCN([C@@H]2CCc3nc(C)n(CCOc4ccc(Cl)cc4-c4cc(C)nc5c(C(=O)NS(C)(=O)=O)csc45)c(=O)c3C2)CC1. The Kier molecular flexibility index (Phi) is 9.73. The van der Waals surface area contributed by atoms with E-state index in [0.717, 1.165) is 61.8 Å². The van der Waals surface area contributed by atoms with Gasteiger partial charge in [0.25, 0.3) is 11.5 Å². The van der Waals surface area contributed by atoms with Crippen molar-refractivity contribution in [1.82, 2.24) is 24.2 Å². The second-order valence-electron chi connectivity index (χ2n) is 12.2. The third-order valence-electron chi connectivity index (χ3n) is 9.00. The number of thiophene rings is 1. The summed E-state index contributed by atoms with van der Waals surface area (Å²) in [5.74, 6) is 0.470. The van der Waals surface area contributed by atoms with Gasteiger partial charge in [0.05, 0.1) is 40.4 Å². The molecule has 250 valence electrons. The fourth-order valence-electron chi connectivity index (χ4n) is 6.67. The maximum atomic E-state index is 13.8. The molecule has 0 unspecified atom stereocenters. The van der Waals surface area contributed by atoms with Gasteiger partial charge in [-0.05, 0) is 70.2 Å². The molecule has 47 heavy (non-hydrogen) atoms. The molecular weight excluding hydrogens is 662 g/mol. The lowest BCUT2D eigenvalue weighted by Gasteiger charge is -2.39. The van der Waals surface area contributed by atoms with Crippen LogP contribution in [0, 0.1) is 13.8 Å². The van der Waals surface area contributed by atoms with Gasteiger partial charge in [0.2, 0.25) is 10.0 Å². The number of halogens is 1. The summed E-state index contributed by atoms with van der Waals surface area (Å²) < 4.78 is 39.7. The molecule has 14 heteroatoms. The number of benzene rings is 1. The predicted molar refractivity (Wildman–Crippen MR) is 183 cm³/mol. The minimum atomic E-state index is -3.75. The molecule has 0 spiro atoms. The smallest absolute Gasteiger partial charge is 0.267 e. The third-order valence-corrected chi connectivity index (χ3v) is 10.8. The summed E-state index contributed by atoms with van der Waals surface area (Å²) in [6.45, 7) is 6.15. The molecular formula is C33H38ClN5O6S2. The van der Waals surface area contributed by atoms with Crippen LogP contribution in [0.15, 0.2) is 34.4 Å². The number of hydrogen-bond acceptors (Lipinski definition) is 10. The standard InChI is InChI=1S/C33H38ClN5O6S2/c1-19-15-25(31-30(35-19)27(18-46-31)32(40)37-47(4,42)43)24-16-21(34)5-8-29(24)45-14-13-39-20(2)36-28-7-6-22(17-26(28)33(39)41)38-11-9-23(44-3)10-12-38/h5,8,15-16,18,22-23H,6-7,9-14,17H2,1-4H3,(H,37,40)/t22-/m1/s1. The van der Waals surface area contributed by atoms with Crippen molar-refractivity contribution in [2.24, 2.45) is 0 Å². The first-order chi connectivity index (χ1) is 22.4. The van der Waals surface area contributed by atoms with Crippen LogP contribution in [0.5, 0.6) is 5.75 Å². The number of nitrogens with one attached hydrogen (secondary N) is 1. The predicted octanol–water partition coefficient (Wildman–Crippen LogP) is 4.53. The Labute approximate surface area is 282 Å². The van der Waals surface area contributed by atoms with E-state index in [1.54, 1.807) is 42.2 Å². The van der Waals surface area contributed by atoms with Crippen molar-refractivity contribution < 1.29 is 22.7 Å². The number of amides is 1. The van der Waals surface area contributed by atoms with E-state index < -0.39 is 15.9 Å². The molecule has 1 saturated heterocycles. The monoisotopic (exact) mass is 699 g/mol. The molecule has 2 aliphatic rings. The van der Waals surface area contributed by atoms with E-state index in [2.05, 4.69) is 9.88 Å². The van der Waals surface area contributed by atoms with Crippen molar-refractivity contribution in [2.75, 3.05) is 33.1 Å². The van der Waals surface area contributed by atoms with Gasteiger partial charge < -0.3 is 9.47 Å². The number of ether oxygens (including phenoxy) is 2. The van der Waals surface area contributed by atoms with E-state index in [1.165, 1.54) is 11.3 Å². The highest BCUT2D eigenvalue weighted by Gasteiger charge is 2.31. The summed E-state index contributed by atoms with van der Waals surface area (Å²) in [6, 6.07) is 7.51. The minimum absolute atomic E-state index is 0.00569. The van der Waals surface area contributed by atoms with E-state index in [-0.39, 0.29) is 17.7 Å². The van der Waals surface area contributed by atoms with Crippen LogP contribution >= 0.6 is 22.9 Å². The van der Waals surface area contributed by atoms with E-state index in [1.807, 2.05) is 17.7 Å². The average Bonchev–Trinajstić information content (AvgIpc) is 3.46. The second-order valence-corrected chi connectivity index (χ2v) is 15.3. The van der Waals surface area contributed by atoms with E-state index in [4.69, 9.17) is 26.1 Å². The van der Waals surface area contributed by atoms with Gasteiger partial charge in [-0.2, -0.15) is 0 Å². The number of carbonyl (C=O) groups excluding carboxylic acids is 1. The number of carbonyl (C=O) groups is 1. The van der Waals surface area contributed by atoms with Crippen LogP contribution in [0.3, 0.4) is 0 Å². The van der Waals surface area contributed by atoms with Gasteiger partial charge >= 0.3 is 0 Å². The molecule has 1 aliphatic carbocycles. The summed E-state index contributed by atoms with van der Waals surface area (Å²) in [5, 5.41) is 2.09. The number of likely N-dealkylation sites (tertiary alicyclic amines) is 1. The van der Waals surface area contributed by atoms with Gasteiger partial charge in [0.15, 0.2) is 0 Å². The Balaban J connectivity index is 1.23. The highest BCUT2D eigenvalue weighted by molar-refractivity contribution is 7.89. The number of fused-ring (bicyclic) bond motifs is 2. The van der Waals surface area contributed by atoms with Gasteiger partial charge in [-0.1, -0.05) is 11.6 Å². The van der Waals surface area contributed by atoms with Crippen LogP contribution in [-0.4, -0.2) is 79.0 Å². The molecule has 1 aromatic carbocycles. The molecule has 6 rings (SSSR count). The Morgan fingerprint density at radius 2 is 1.89 bits per heavy atom. The van der Waals surface area contributed by atoms with Crippen LogP contribution in [0.4, 0.5) is 0 Å². The number of methoxy groups -OCH3 is 1. The minimum Gasteiger partial charge on any atom is -0.491 e. The molecule has 11 nitrogen and oxygen atoms in total. The first-order valence-corrected chi connectivity index (χ1v) is 18.8. The van der Waals surface area contributed by atoms with Crippen LogP contribution < -0.4 is 15.0 Å². The molecule has 1 fully saturated rings. The Morgan fingerprint density at radius 3 is 2.62 bits per heavy atom. The van der Waals surface area contributed by atoms with E-state index in [9.17, 15) is 18.0 Å². The maximum Gasteiger partial charge on any atom is 0.267 e. The normalized spacial score (nSPS) is 17.5. The van der Waals surface area contributed by atoms with Crippen molar-refractivity contribution >= 4 is 49.1 Å². The summed E-state index contributed by atoms with van der Waals surface area (Å²) in [4.78, 5) is 38.4. The quantitative estimate of drug-likeness (QED) is 0.268. The van der Waals surface area contributed by atoms with Gasteiger partial charge in [-0.25, -0.2) is 18.1 Å². The van der Waals surface area contributed by atoms with Crippen LogP contribution in [0.25, 0.3) is 21.3 Å². The van der Waals surface area contributed by atoms with E-state index >= 15 is 0 Å². The lowest BCUT2D eigenvalue weighted by Crippen LogP contribution is -2.47. The number of piperidine rings is 1. The summed E-state index contributed by atoms with van der Waals surface area (Å²) in [6.07, 6.45) is 5.76. The van der Waals surface area contributed by atoms with E-state index in [0.29, 0.717) is 63.2 Å². The van der Waals surface area contributed by atoms with Crippen molar-refractivity contribution in [2.45, 2.75) is 64.6 Å². The maximum absolute atomic E-state index is 13.8. The van der Waals surface area contributed by atoms with Crippen molar-refractivity contribution in [3.05, 3.63) is 73.4 Å².